The van der Waals surface area contributed by atoms with Gasteiger partial charge >= 0.3 is 0 Å². The normalized spacial score (nSPS) is 25.7. The molecule has 1 atom stereocenters. The maximum atomic E-state index is 12.2. The molecule has 2 aliphatic rings. The molecule has 1 fully saturated rings. The molecule has 0 N–H and O–H groups in total. The van der Waals surface area contributed by atoms with Crippen LogP contribution in [0, 0.1) is 0 Å². The fourth-order valence-electron chi connectivity index (χ4n) is 2.93. The highest BCUT2D eigenvalue weighted by Gasteiger charge is 2.37. The van der Waals surface area contributed by atoms with Gasteiger partial charge in [-0.15, -0.1) is 0 Å². The van der Waals surface area contributed by atoms with Crippen molar-refractivity contribution in [2.24, 2.45) is 5.10 Å². The van der Waals surface area contributed by atoms with E-state index in [1.165, 1.54) is 0 Å². The Morgan fingerprint density at radius 2 is 2.05 bits per heavy atom. The van der Waals surface area contributed by atoms with Crippen LogP contribution in [0.25, 0.3) is 0 Å². The van der Waals surface area contributed by atoms with E-state index in [0.717, 1.165) is 24.1 Å². The summed E-state index contributed by atoms with van der Waals surface area (Å²) in [4.78, 5) is 12.2. The summed E-state index contributed by atoms with van der Waals surface area (Å²) in [5.41, 5.74) is 1.74. The highest BCUT2D eigenvalue weighted by molar-refractivity contribution is 6.13. The zero-order valence-electron chi connectivity index (χ0n) is 12.0. The molecule has 0 aliphatic carbocycles. The molecule has 0 spiro atoms. The topological polar surface area (TPSA) is 41.9 Å². The predicted molar refractivity (Wildman–Crippen MR) is 77.5 cm³/mol. The lowest BCUT2D eigenvalue weighted by atomic mass is 9.93. The molecule has 1 amide bonds. The van der Waals surface area contributed by atoms with Gasteiger partial charge in [0.05, 0.1) is 23.8 Å². The van der Waals surface area contributed by atoms with E-state index in [4.69, 9.17) is 4.74 Å². The molecule has 0 unspecified atom stereocenters. The molecule has 0 saturated carbocycles. The van der Waals surface area contributed by atoms with Crippen LogP contribution in [0.2, 0.25) is 0 Å². The van der Waals surface area contributed by atoms with Gasteiger partial charge in [-0.05, 0) is 32.3 Å². The molecule has 4 nitrogen and oxygen atoms in total. The van der Waals surface area contributed by atoms with Crippen LogP contribution in [-0.4, -0.2) is 34.9 Å². The van der Waals surface area contributed by atoms with Gasteiger partial charge in [0.25, 0.3) is 0 Å². The van der Waals surface area contributed by atoms with Gasteiger partial charge in [-0.3, -0.25) is 4.79 Å². The van der Waals surface area contributed by atoms with Crippen LogP contribution >= 0.6 is 0 Å². The third-order valence-corrected chi connectivity index (χ3v) is 3.93. The number of hydrogen-bond acceptors (Lipinski definition) is 3. The third-order valence-electron chi connectivity index (χ3n) is 3.93. The van der Waals surface area contributed by atoms with Crippen LogP contribution < -0.4 is 0 Å². The van der Waals surface area contributed by atoms with Gasteiger partial charge in [0.15, 0.2) is 0 Å². The minimum absolute atomic E-state index is 0.103. The highest BCUT2D eigenvalue weighted by Crippen LogP contribution is 2.30. The molecule has 0 radical (unpaired) electrons. The second kappa shape index (κ2) is 5.02. The number of nitrogens with zero attached hydrogens (tertiary/aromatic N) is 2. The molecule has 106 valence electrons. The Morgan fingerprint density at radius 1 is 1.30 bits per heavy atom. The summed E-state index contributed by atoms with van der Waals surface area (Å²) in [5, 5.41) is 6.26. The van der Waals surface area contributed by atoms with E-state index in [0.29, 0.717) is 13.0 Å². The van der Waals surface area contributed by atoms with E-state index in [1.807, 2.05) is 30.3 Å². The summed E-state index contributed by atoms with van der Waals surface area (Å²) in [6.45, 7) is 4.83. The summed E-state index contributed by atoms with van der Waals surface area (Å²) >= 11 is 0. The lowest BCUT2D eigenvalue weighted by Gasteiger charge is -2.38. The average Bonchev–Trinajstić information content (AvgIpc) is 2.81. The lowest BCUT2D eigenvalue weighted by Crippen LogP contribution is -2.44. The van der Waals surface area contributed by atoms with Gasteiger partial charge in [0, 0.05) is 6.61 Å². The Bertz CT molecular complexity index is 537. The third kappa shape index (κ3) is 2.61. The van der Waals surface area contributed by atoms with Crippen LogP contribution in [0.1, 0.15) is 38.7 Å². The first kappa shape index (κ1) is 13.3. The van der Waals surface area contributed by atoms with E-state index >= 15 is 0 Å². The van der Waals surface area contributed by atoms with Crippen LogP contribution in [0.15, 0.2) is 35.4 Å². The standard InChI is InChI=1S/C16H20N2O2/c1-16(2)11-13(8-9-20-16)18-15(19)10-14(17-18)12-6-4-3-5-7-12/h3-7,13H,8-11H2,1-2H3/t13-/m0/s1. The summed E-state index contributed by atoms with van der Waals surface area (Å²) in [6, 6.07) is 10.1. The number of hydrogen-bond donors (Lipinski definition) is 0. The SMILES string of the molecule is CC1(C)C[C@@H](N2N=C(c3ccccc3)CC2=O)CCO1. The molecule has 2 aliphatic heterocycles. The average molecular weight is 272 g/mol. The van der Waals surface area contributed by atoms with Gasteiger partial charge in [-0.2, -0.15) is 5.10 Å². The summed E-state index contributed by atoms with van der Waals surface area (Å²) < 4.78 is 5.72. The predicted octanol–water partition coefficient (Wildman–Crippen LogP) is 2.58. The highest BCUT2D eigenvalue weighted by atomic mass is 16.5. The number of amides is 1. The van der Waals surface area contributed by atoms with Crippen molar-refractivity contribution in [3.8, 4) is 0 Å². The second-order valence-electron chi connectivity index (χ2n) is 6.08. The molecule has 0 aromatic heterocycles. The lowest BCUT2D eigenvalue weighted by molar-refractivity contribution is -0.137. The Labute approximate surface area is 119 Å². The Morgan fingerprint density at radius 3 is 2.75 bits per heavy atom. The Hall–Kier alpha value is -1.68. The van der Waals surface area contributed by atoms with Crippen molar-refractivity contribution in [3.63, 3.8) is 0 Å². The van der Waals surface area contributed by atoms with Gasteiger partial charge in [0.1, 0.15) is 0 Å². The van der Waals surface area contributed by atoms with Crippen LogP contribution in [-0.2, 0) is 9.53 Å². The minimum atomic E-state index is -0.172. The molecular formula is C16H20N2O2. The summed E-state index contributed by atoms with van der Waals surface area (Å²) in [6.07, 6.45) is 2.10. The van der Waals surface area contributed by atoms with Gasteiger partial charge in [-0.25, -0.2) is 5.01 Å². The maximum absolute atomic E-state index is 12.2. The van der Waals surface area contributed by atoms with E-state index in [9.17, 15) is 4.79 Å². The van der Waals surface area contributed by atoms with E-state index in [-0.39, 0.29) is 17.6 Å². The molecule has 0 bridgehead atoms. The largest absolute Gasteiger partial charge is 0.375 e. The first-order valence-corrected chi connectivity index (χ1v) is 7.14. The fourth-order valence-corrected chi connectivity index (χ4v) is 2.93. The summed E-state index contributed by atoms with van der Waals surface area (Å²) in [5.74, 6) is 0.103. The van der Waals surface area contributed by atoms with Gasteiger partial charge in [0.2, 0.25) is 5.91 Å². The van der Waals surface area contributed by atoms with Crippen molar-refractivity contribution in [1.82, 2.24) is 5.01 Å². The molecule has 2 heterocycles. The number of benzene rings is 1. The number of hydrazone groups is 1. The van der Waals surface area contributed by atoms with Crippen molar-refractivity contribution in [3.05, 3.63) is 35.9 Å². The first-order valence-electron chi connectivity index (χ1n) is 7.14. The smallest absolute Gasteiger partial charge is 0.249 e. The van der Waals surface area contributed by atoms with Crippen molar-refractivity contribution < 1.29 is 9.53 Å². The number of ether oxygens (including phenoxy) is 1. The Kier molecular flexibility index (Phi) is 3.34. The zero-order chi connectivity index (χ0) is 14.2. The fraction of sp³-hybridized carbons (Fsp3) is 0.500. The zero-order valence-corrected chi connectivity index (χ0v) is 12.0. The molecule has 20 heavy (non-hydrogen) atoms. The van der Waals surface area contributed by atoms with E-state index in [1.54, 1.807) is 5.01 Å². The van der Waals surface area contributed by atoms with E-state index in [2.05, 4.69) is 18.9 Å². The van der Waals surface area contributed by atoms with Gasteiger partial charge < -0.3 is 4.74 Å². The first-order chi connectivity index (χ1) is 9.55. The molecule has 1 aromatic carbocycles. The van der Waals surface area contributed by atoms with Crippen LogP contribution in [0.3, 0.4) is 0 Å². The maximum Gasteiger partial charge on any atom is 0.249 e. The van der Waals surface area contributed by atoms with Crippen LogP contribution in [0.5, 0.6) is 0 Å². The summed E-state index contributed by atoms with van der Waals surface area (Å²) in [7, 11) is 0. The number of carbonyl (C=O) groups is 1. The van der Waals surface area contributed by atoms with E-state index < -0.39 is 0 Å². The molecule has 1 saturated heterocycles. The van der Waals surface area contributed by atoms with Crippen molar-refractivity contribution >= 4 is 11.6 Å². The second-order valence-corrected chi connectivity index (χ2v) is 6.08. The quantitative estimate of drug-likeness (QED) is 0.830. The molecule has 1 aromatic rings. The van der Waals surface area contributed by atoms with Gasteiger partial charge in [-0.1, -0.05) is 30.3 Å². The molecular weight excluding hydrogens is 252 g/mol. The molecule has 3 rings (SSSR count). The van der Waals surface area contributed by atoms with Crippen molar-refractivity contribution in [2.75, 3.05) is 6.61 Å². The number of carbonyl (C=O) groups excluding carboxylic acids is 1. The Balaban J connectivity index is 1.80. The van der Waals surface area contributed by atoms with Crippen molar-refractivity contribution in [2.45, 2.75) is 44.8 Å². The monoisotopic (exact) mass is 272 g/mol. The molecule has 4 heteroatoms. The minimum Gasteiger partial charge on any atom is -0.375 e. The van der Waals surface area contributed by atoms with Crippen molar-refractivity contribution in [1.29, 1.82) is 0 Å². The number of rotatable bonds is 2. The van der Waals surface area contributed by atoms with Crippen LogP contribution in [0.4, 0.5) is 0 Å².